The summed E-state index contributed by atoms with van der Waals surface area (Å²) in [5.41, 5.74) is 0. The SMILES string of the molecule is CCCCCC[n+]1ccccc1.N#C[S-]. The van der Waals surface area contributed by atoms with Gasteiger partial charge in [0, 0.05) is 18.6 Å². The van der Waals surface area contributed by atoms with Crippen LogP contribution in [-0.2, 0) is 19.2 Å². The van der Waals surface area contributed by atoms with Gasteiger partial charge in [0.1, 0.15) is 6.54 Å². The molecule has 1 aromatic heterocycles. The van der Waals surface area contributed by atoms with Gasteiger partial charge < -0.3 is 12.6 Å². The number of pyridine rings is 1. The minimum Gasteiger partial charge on any atom is -0.696 e. The molecular formula is C12H18N2S. The van der Waals surface area contributed by atoms with Gasteiger partial charge >= 0.3 is 0 Å². The summed E-state index contributed by atoms with van der Waals surface area (Å²) in [4.78, 5) is 0. The van der Waals surface area contributed by atoms with Crippen LogP contribution >= 0.6 is 0 Å². The lowest BCUT2D eigenvalue weighted by atomic mass is 10.2. The highest BCUT2D eigenvalue weighted by atomic mass is 32.1. The van der Waals surface area contributed by atoms with E-state index in [2.05, 4.69) is 54.7 Å². The third-order valence-corrected chi connectivity index (χ3v) is 2.05. The van der Waals surface area contributed by atoms with Crippen molar-refractivity contribution in [2.75, 3.05) is 0 Å². The number of nitrogens with zero attached hydrogens (tertiary/aromatic N) is 2. The molecule has 0 aromatic carbocycles. The lowest BCUT2D eigenvalue weighted by Crippen LogP contribution is -2.32. The summed E-state index contributed by atoms with van der Waals surface area (Å²) in [6.45, 7) is 3.41. The number of hydrogen-bond acceptors (Lipinski definition) is 2. The first-order valence-electron chi connectivity index (χ1n) is 5.30. The minimum atomic E-state index is 1.17. The van der Waals surface area contributed by atoms with Gasteiger partial charge in [-0.25, -0.2) is 9.83 Å². The molecule has 1 heterocycles. The smallest absolute Gasteiger partial charge is 0.168 e. The van der Waals surface area contributed by atoms with Gasteiger partial charge in [-0.15, -0.1) is 0 Å². The maximum Gasteiger partial charge on any atom is 0.168 e. The van der Waals surface area contributed by atoms with E-state index in [1.165, 1.54) is 37.6 Å². The van der Waals surface area contributed by atoms with Crippen molar-refractivity contribution >= 4 is 12.6 Å². The molecule has 0 unspecified atom stereocenters. The summed E-state index contributed by atoms with van der Waals surface area (Å²) < 4.78 is 2.25. The van der Waals surface area contributed by atoms with Crippen LogP contribution in [0.3, 0.4) is 0 Å². The van der Waals surface area contributed by atoms with E-state index in [1.807, 2.05) is 0 Å². The molecule has 0 aliphatic carbocycles. The van der Waals surface area contributed by atoms with Crippen molar-refractivity contribution in [2.45, 2.75) is 39.2 Å². The fraction of sp³-hybridized carbons (Fsp3) is 0.500. The Balaban J connectivity index is 0.000000583. The quantitative estimate of drug-likeness (QED) is 0.331. The number of aryl methyl sites for hydroxylation is 1. The van der Waals surface area contributed by atoms with Gasteiger partial charge in [0.05, 0.1) is 0 Å². The summed E-state index contributed by atoms with van der Waals surface area (Å²) in [7, 11) is 0. The predicted molar refractivity (Wildman–Crippen MR) is 63.8 cm³/mol. The van der Waals surface area contributed by atoms with Crippen molar-refractivity contribution in [2.24, 2.45) is 0 Å². The Bertz CT molecular complexity index is 267. The molecule has 2 nitrogen and oxygen atoms in total. The molecular weight excluding hydrogens is 204 g/mol. The third kappa shape index (κ3) is 9.17. The number of rotatable bonds is 5. The summed E-state index contributed by atoms with van der Waals surface area (Å²) in [5.74, 6) is 0. The first kappa shape index (κ1) is 13.9. The van der Waals surface area contributed by atoms with Crippen LogP contribution in [0.2, 0.25) is 0 Å². The molecule has 0 N–H and O–H groups in total. The van der Waals surface area contributed by atoms with E-state index in [0.29, 0.717) is 0 Å². The molecule has 0 aliphatic heterocycles. The topological polar surface area (TPSA) is 27.7 Å². The van der Waals surface area contributed by atoms with Crippen molar-refractivity contribution < 1.29 is 4.57 Å². The Morgan fingerprint density at radius 2 is 1.73 bits per heavy atom. The Morgan fingerprint density at radius 3 is 2.27 bits per heavy atom. The van der Waals surface area contributed by atoms with Gasteiger partial charge in [0.15, 0.2) is 12.4 Å². The van der Waals surface area contributed by atoms with Crippen LogP contribution in [0.1, 0.15) is 32.6 Å². The highest BCUT2D eigenvalue weighted by molar-refractivity contribution is 7.64. The highest BCUT2D eigenvalue weighted by Crippen LogP contribution is 1.97. The van der Waals surface area contributed by atoms with Crippen LogP contribution in [0, 0.1) is 10.7 Å². The lowest BCUT2D eigenvalue weighted by Gasteiger charge is -1.95. The second-order valence-corrected chi connectivity index (χ2v) is 3.45. The van der Waals surface area contributed by atoms with Crippen LogP contribution in [0.25, 0.3) is 0 Å². The van der Waals surface area contributed by atoms with Crippen molar-refractivity contribution in [1.82, 2.24) is 0 Å². The molecule has 0 radical (unpaired) electrons. The molecule has 0 fully saturated rings. The maximum absolute atomic E-state index is 7.13. The molecule has 82 valence electrons. The molecule has 0 saturated carbocycles. The molecule has 0 atom stereocenters. The van der Waals surface area contributed by atoms with Crippen LogP contribution in [-0.4, -0.2) is 0 Å². The van der Waals surface area contributed by atoms with Crippen LogP contribution in [0.15, 0.2) is 30.6 Å². The van der Waals surface area contributed by atoms with E-state index in [0.717, 1.165) is 0 Å². The van der Waals surface area contributed by atoms with Gasteiger partial charge in [0.2, 0.25) is 0 Å². The Kier molecular flexibility index (Phi) is 10.1. The predicted octanol–water partition coefficient (Wildman–Crippen LogP) is 2.57. The average molecular weight is 222 g/mol. The van der Waals surface area contributed by atoms with Crippen molar-refractivity contribution in [1.29, 1.82) is 5.26 Å². The van der Waals surface area contributed by atoms with Crippen molar-refractivity contribution in [3.05, 3.63) is 30.6 Å². The zero-order valence-corrected chi connectivity index (χ0v) is 10.0. The zero-order chi connectivity index (χ0) is 11.4. The van der Waals surface area contributed by atoms with E-state index in [9.17, 15) is 0 Å². The Labute approximate surface area is 98.0 Å². The lowest BCUT2D eigenvalue weighted by molar-refractivity contribution is -0.697. The van der Waals surface area contributed by atoms with Gasteiger partial charge in [-0.2, -0.15) is 0 Å². The molecule has 0 aliphatic rings. The van der Waals surface area contributed by atoms with Crippen LogP contribution in [0.5, 0.6) is 0 Å². The molecule has 1 rings (SSSR count). The van der Waals surface area contributed by atoms with E-state index in [1.54, 1.807) is 0 Å². The fourth-order valence-corrected chi connectivity index (χ4v) is 1.30. The molecule has 1 aromatic rings. The number of thiocyanates is 1. The fourth-order valence-electron chi connectivity index (χ4n) is 1.30. The van der Waals surface area contributed by atoms with Crippen LogP contribution < -0.4 is 4.57 Å². The zero-order valence-electron chi connectivity index (χ0n) is 9.22. The number of unbranched alkanes of at least 4 members (excludes halogenated alkanes) is 3. The molecule has 0 saturated heterocycles. The van der Waals surface area contributed by atoms with Gasteiger partial charge in [0.25, 0.3) is 0 Å². The van der Waals surface area contributed by atoms with Crippen LogP contribution in [0.4, 0.5) is 0 Å². The number of aromatic nitrogens is 1. The minimum absolute atomic E-state index is 1.17. The first-order chi connectivity index (χ1) is 7.35. The van der Waals surface area contributed by atoms with Gasteiger partial charge in [-0.05, 0) is 6.42 Å². The second kappa shape index (κ2) is 10.9. The summed E-state index contributed by atoms with van der Waals surface area (Å²) in [6, 6.07) is 6.22. The number of nitriles is 1. The molecule has 15 heavy (non-hydrogen) atoms. The van der Waals surface area contributed by atoms with Gasteiger partial charge in [-0.3, -0.25) is 0 Å². The van der Waals surface area contributed by atoms with E-state index in [-0.39, 0.29) is 0 Å². The van der Waals surface area contributed by atoms with E-state index in [4.69, 9.17) is 5.26 Å². The largest absolute Gasteiger partial charge is 0.696 e. The summed E-state index contributed by atoms with van der Waals surface area (Å²) >= 11 is 3.70. The summed E-state index contributed by atoms with van der Waals surface area (Å²) in [5, 5.41) is 8.47. The maximum atomic E-state index is 7.13. The normalized spacial score (nSPS) is 8.53. The van der Waals surface area contributed by atoms with Crippen molar-refractivity contribution in [3.63, 3.8) is 0 Å². The molecule has 0 amide bonds. The van der Waals surface area contributed by atoms with E-state index >= 15 is 0 Å². The Hall–Kier alpha value is -1.14. The highest BCUT2D eigenvalue weighted by Gasteiger charge is 1.95. The second-order valence-electron chi connectivity index (χ2n) is 3.27. The molecule has 0 bridgehead atoms. The number of hydrogen-bond donors (Lipinski definition) is 0. The van der Waals surface area contributed by atoms with Gasteiger partial charge in [-0.1, -0.05) is 31.2 Å². The molecule has 3 heteroatoms. The first-order valence-corrected chi connectivity index (χ1v) is 5.71. The third-order valence-electron chi connectivity index (χ3n) is 2.05. The molecule has 0 spiro atoms. The monoisotopic (exact) mass is 222 g/mol. The van der Waals surface area contributed by atoms with Crippen molar-refractivity contribution in [3.8, 4) is 5.40 Å². The standard InChI is InChI=1S/C11H18N.CHNS/c1-2-3-4-6-9-12-10-7-5-8-11-12;2-1-3/h5,7-8,10-11H,2-4,6,9H2,1H3;3H/q+1;/p-1. The van der Waals surface area contributed by atoms with E-state index < -0.39 is 0 Å². The Morgan fingerprint density at radius 1 is 1.13 bits per heavy atom. The summed E-state index contributed by atoms with van der Waals surface area (Å²) in [6.07, 6.45) is 9.62. The average Bonchev–Trinajstić information content (AvgIpc) is 2.27.